The average molecular weight is 126 g/mol. The first-order chi connectivity index (χ1) is 3.97. The average Bonchev–Trinajstić information content (AvgIpc) is 2.49. The van der Waals surface area contributed by atoms with Crippen molar-refractivity contribution < 1.29 is 0 Å². The molecule has 44 valence electrons. The Morgan fingerprint density at radius 2 is 2.38 bits per heavy atom. The van der Waals surface area contributed by atoms with Gasteiger partial charge < -0.3 is 0 Å². The van der Waals surface area contributed by atoms with Gasteiger partial charge in [-0.2, -0.15) is 0 Å². The molecule has 0 saturated heterocycles. The summed E-state index contributed by atoms with van der Waals surface area (Å²) in [5, 5.41) is 0. The molecule has 0 spiro atoms. The molecule has 0 amide bonds. The first kappa shape index (κ1) is 4.92. The molecular weight excluding hydrogens is 116 g/mol. The van der Waals surface area contributed by atoms with Gasteiger partial charge in [0.2, 0.25) is 0 Å². The minimum atomic E-state index is 1.02. The van der Waals surface area contributed by atoms with Crippen LogP contribution in [0.1, 0.15) is 19.3 Å². The third kappa shape index (κ3) is 0.795. The van der Waals surface area contributed by atoms with Crippen LogP contribution in [0.2, 0.25) is 0 Å². The Balaban J connectivity index is 2.02. The fourth-order valence-corrected chi connectivity index (χ4v) is 2.27. The van der Waals surface area contributed by atoms with Crippen LogP contribution in [0.4, 0.5) is 0 Å². The summed E-state index contributed by atoms with van der Waals surface area (Å²) < 4.78 is 0. The standard InChI is InChI=1S/C7H10S/c1-2-7(8-5-1)6-3-4-6/h2,6H,1,3-5H2. The highest BCUT2D eigenvalue weighted by Crippen LogP contribution is 2.44. The molecule has 0 aromatic heterocycles. The van der Waals surface area contributed by atoms with E-state index in [4.69, 9.17) is 0 Å². The molecule has 2 aliphatic rings. The van der Waals surface area contributed by atoms with E-state index in [0.717, 1.165) is 5.92 Å². The van der Waals surface area contributed by atoms with Gasteiger partial charge in [0, 0.05) is 5.75 Å². The molecule has 0 N–H and O–H groups in total. The van der Waals surface area contributed by atoms with Crippen LogP contribution in [0.15, 0.2) is 11.0 Å². The van der Waals surface area contributed by atoms with Crippen molar-refractivity contribution >= 4 is 11.8 Å². The largest absolute Gasteiger partial charge is 0.130 e. The fraction of sp³-hybridized carbons (Fsp3) is 0.714. The van der Waals surface area contributed by atoms with Crippen LogP contribution >= 0.6 is 11.8 Å². The molecule has 1 heteroatoms. The van der Waals surface area contributed by atoms with E-state index in [1.807, 2.05) is 0 Å². The first-order valence-corrected chi connectivity index (χ1v) is 4.28. The molecule has 0 aromatic rings. The van der Waals surface area contributed by atoms with Crippen LogP contribution in [0.5, 0.6) is 0 Å². The Hall–Kier alpha value is 0.0900. The lowest BCUT2D eigenvalue weighted by Gasteiger charge is -1.91. The van der Waals surface area contributed by atoms with Crippen LogP contribution in [-0.4, -0.2) is 5.75 Å². The van der Waals surface area contributed by atoms with Crippen molar-refractivity contribution in [3.63, 3.8) is 0 Å². The third-order valence-corrected chi connectivity index (χ3v) is 2.98. The summed E-state index contributed by atoms with van der Waals surface area (Å²) in [4.78, 5) is 1.70. The Morgan fingerprint density at radius 3 is 2.88 bits per heavy atom. The van der Waals surface area contributed by atoms with Crippen LogP contribution in [-0.2, 0) is 0 Å². The zero-order valence-electron chi connectivity index (χ0n) is 4.89. The molecule has 2 rings (SSSR count). The number of allylic oxidation sites excluding steroid dienone is 2. The number of rotatable bonds is 1. The van der Waals surface area contributed by atoms with Crippen molar-refractivity contribution in [2.24, 2.45) is 5.92 Å². The van der Waals surface area contributed by atoms with E-state index in [1.54, 1.807) is 4.91 Å². The molecule has 0 bridgehead atoms. The van der Waals surface area contributed by atoms with Crippen LogP contribution in [0.25, 0.3) is 0 Å². The molecule has 0 aromatic carbocycles. The normalized spacial score (nSPS) is 28.2. The van der Waals surface area contributed by atoms with Gasteiger partial charge >= 0.3 is 0 Å². The molecule has 0 radical (unpaired) electrons. The summed E-state index contributed by atoms with van der Waals surface area (Å²) >= 11 is 2.07. The van der Waals surface area contributed by atoms with Gasteiger partial charge in [0.05, 0.1) is 0 Å². The second kappa shape index (κ2) is 1.80. The van der Waals surface area contributed by atoms with E-state index in [0.29, 0.717) is 0 Å². The Labute approximate surface area is 54.4 Å². The molecule has 1 saturated carbocycles. The summed E-state index contributed by atoms with van der Waals surface area (Å²) in [5.74, 6) is 2.37. The van der Waals surface area contributed by atoms with Gasteiger partial charge in [-0.05, 0) is 30.1 Å². The second-order valence-electron chi connectivity index (χ2n) is 2.52. The molecule has 8 heavy (non-hydrogen) atoms. The quantitative estimate of drug-likeness (QED) is 0.520. The van der Waals surface area contributed by atoms with E-state index in [-0.39, 0.29) is 0 Å². The highest BCUT2D eigenvalue weighted by Gasteiger charge is 2.27. The predicted molar refractivity (Wildman–Crippen MR) is 37.9 cm³/mol. The molecule has 0 atom stereocenters. The maximum atomic E-state index is 2.42. The van der Waals surface area contributed by atoms with E-state index < -0.39 is 0 Å². The minimum absolute atomic E-state index is 1.02. The monoisotopic (exact) mass is 126 g/mol. The molecule has 0 unspecified atom stereocenters. The van der Waals surface area contributed by atoms with Crippen molar-refractivity contribution in [3.8, 4) is 0 Å². The van der Waals surface area contributed by atoms with Crippen molar-refractivity contribution in [1.82, 2.24) is 0 Å². The molecule has 0 nitrogen and oxygen atoms in total. The lowest BCUT2D eigenvalue weighted by atomic mass is 10.3. The van der Waals surface area contributed by atoms with Crippen LogP contribution < -0.4 is 0 Å². The van der Waals surface area contributed by atoms with Crippen molar-refractivity contribution in [1.29, 1.82) is 0 Å². The van der Waals surface area contributed by atoms with Gasteiger partial charge in [-0.3, -0.25) is 0 Å². The van der Waals surface area contributed by atoms with Crippen molar-refractivity contribution in [2.75, 3.05) is 5.75 Å². The van der Waals surface area contributed by atoms with Gasteiger partial charge in [0.1, 0.15) is 0 Å². The zero-order valence-corrected chi connectivity index (χ0v) is 5.71. The lowest BCUT2D eigenvalue weighted by molar-refractivity contribution is 1.09. The Morgan fingerprint density at radius 1 is 1.50 bits per heavy atom. The fourth-order valence-electron chi connectivity index (χ4n) is 1.09. The molecule has 1 fully saturated rings. The SMILES string of the molecule is C1=C(C2CC2)SCC1. The summed E-state index contributed by atoms with van der Waals surface area (Å²) in [6, 6.07) is 0. The second-order valence-corrected chi connectivity index (χ2v) is 3.69. The molecule has 1 aliphatic carbocycles. The van der Waals surface area contributed by atoms with E-state index >= 15 is 0 Å². The molecular formula is C7H10S. The third-order valence-electron chi connectivity index (χ3n) is 1.71. The Bertz CT molecular complexity index is 122. The summed E-state index contributed by atoms with van der Waals surface area (Å²) in [6.07, 6.45) is 6.69. The molecule has 1 heterocycles. The van der Waals surface area contributed by atoms with E-state index in [2.05, 4.69) is 17.8 Å². The number of thioether (sulfide) groups is 1. The summed E-state index contributed by atoms with van der Waals surface area (Å²) in [6.45, 7) is 0. The lowest BCUT2D eigenvalue weighted by Crippen LogP contribution is -1.70. The summed E-state index contributed by atoms with van der Waals surface area (Å²) in [7, 11) is 0. The topological polar surface area (TPSA) is 0 Å². The van der Waals surface area contributed by atoms with Gasteiger partial charge in [-0.25, -0.2) is 0 Å². The van der Waals surface area contributed by atoms with Crippen molar-refractivity contribution in [3.05, 3.63) is 11.0 Å². The van der Waals surface area contributed by atoms with Gasteiger partial charge in [0.25, 0.3) is 0 Å². The maximum absolute atomic E-state index is 2.42. The predicted octanol–water partition coefficient (Wildman–Crippen LogP) is 2.42. The van der Waals surface area contributed by atoms with Gasteiger partial charge in [0.15, 0.2) is 0 Å². The zero-order chi connectivity index (χ0) is 5.40. The van der Waals surface area contributed by atoms with Crippen LogP contribution in [0, 0.1) is 5.92 Å². The maximum Gasteiger partial charge on any atom is 0.00118 e. The highest BCUT2D eigenvalue weighted by molar-refractivity contribution is 8.03. The van der Waals surface area contributed by atoms with Gasteiger partial charge in [-0.1, -0.05) is 6.08 Å². The van der Waals surface area contributed by atoms with Crippen molar-refractivity contribution in [2.45, 2.75) is 19.3 Å². The Kier molecular flexibility index (Phi) is 1.11. The first-order valence-electron chi connectivity index (χ1n) is 3.29. The number of hydrogen-bond acceptors (Lipinski definition) is 1. The smallest absolute Gasteiger partial charge is 0.00118 e. The number of hydrogen-bond donors (Lipinski definition) is 0. The van der Waals surface area contributed by atoms with Crippen LogP contribution in [0.3, 0.4) is 0 Å². The summed E-state index contributed by atoms with van der Waals surface area (Å²) in [5.41, 5.74) is 0. The minimum Gasteiger partial charge on any atom is -0.130 e. The highest BCUT2D eigenvalue weighted by atomic mass is 32.2. The van der Waals surface area contributed by atoms with Gasteiger partial charge in [-0.15, -0.1) is 11.8 Å². The van der Waals surface area contributed by atoms with E-state index in [9.17, 15) is 0 Å². The molecule has 1 aliphatic heterocycles. The van der Waals surface area contributed by atoms with E-state index in [1.165, 1.54) is 25.0 Å².